The number of carbonyl (C=O) groups excluding carboxylic acids is 3. The van der Waals surface area contributed by atoms with Crippen LogP contribution in [0.5, 0.6) is 0 Å². The zero-order chi connectivity index (χ0) is 33.9. The second kappa shape index (κ2) is 29.6. The quantitative estimate of drug-likeness (QED) is 0.0933. The molecule has 1 rings (SSSR count). The molecule has 0 fully saturated rings. The largest absolute Gasteiger partial charge is 1.00 e. The van der Waals surface area contributed by atoms with Gasteiger partial charge in [-0.05, 0) is 85.5 Å². The maximum atomic E-state index is 12.2. The summed E-state index contributed by atoms with van der Waals surface area (Å²) in [5.41, 5.74) is 3.77. The third-order valence-electron chi connectivity index (χ3n) is 7.90. The number of hydrogen-bond donors (Lipinski definition) is 3. The molecule has 0 aromatic carbocycles. The normalized spacial score (nSPS) is 12.5. The first-order chi connectivity index (χ1) is 21.4. The summed E-state index contributed by atoms with van der Waals surface area (Å²) in [6, 6.07) is 0.435. The first-order valence-electron chi connectivity index (χ1n) is 17.8. The second-order valence-electron chi connectivity index (χ2n) is 13.2. The Bertz CT molecular complexity index is 889. The Balaban J connectivity index is 0. The fourth-order valence-corrected chi connectivity index (χ4v) is 7.90. The van der Waals surface area contributed by atoms with Gasteiger partial charge in [0.2, 0.25) is 5.91 Å². The van der Waals surface area contributed by atoms with E-state index in [1.807, 2.05) is 17.8 Å². The van der Waals surface area contributed by atoms with E-state index in [1.165, 1.54) is 70.8 Å². The number of carbonyl (C=O) groups is 3. The molecule has 1 amide bonds. The number of amides is 1. The lowest BCUT2D eigenvalue weighted by molar-refractivity contribution is -0.368. The summed E-state index contributed by atoms with van der Waals surface area (Å²) in [5.74, 6) is -0.0648. The number of quaternary nitrogens is 1. The average molecular weight is 734 g/mol. The zero-order valence-corrected chi connectivity index (χ0v) is 33.0. The van der Waals surface area contributed by atoms with Crippen molar-refractivity contribution in [3.05, 3.63) is 12.4 Å². The highest BCUT2D eigenvalue weighted by Crippen LogP contribution is 2.19. The fraction of sp³-hybridized carbons (Fsp3) is 0.853. The van der Waals surface area contributed by atoms with Crippen LogP contribution < -0.4 is 33.3 Å². The molecule has 0 saturated heterocycles. The smallest absolute Gasteiger partial charge is 0.237 e. The number of nitrogens with zero attached hydrogens (tertiary/aromatic N) is 3. The number of aryl methyl sites for hydroxylation is 1. The van der Waals surface area contributed by atoms with E-state index in [4.69, 9.17) is 4.43 Å². The van der Waals surface area contributed by atoms with Crippen molar-refractivity contribution in [2.45, 2.75) is 174 Å². The summed E-state index contributed by atoms with van der Waals surface area (Å²) in [6.45, 7) is 14.3. The molecule has 1 heterocycles. The Hall–Kier alpha value is -1.47. The van der Waals surface area contributed by atoms with Crippen LogP contribution in [0.3, 0.4) is 0 Å². The standard InChI is InChI=1S/C18H37N3OSi.C16H31N3O3.BrH/c1-18(2)22-23(3,4)17-13-11-9-7-5-6-8-10-12-15-21-16-14-19-20-21;1-4-7-13(21)9-10-15(18-3)16(22)19-14(12(2)20)8-5-6-11-17;/h14,16,18H,5-13,15,17H2,1-4H3;14-15,18H,4-11,17H2,1-3H3,(H,19,22);1H. The topological polar surface area (TPSA) is 143 Å². The van der Waals surface area contributed by atoms with Crippen LogP contribution in [0.4, 0.5) is 0 Å². The first-order valence-corrected chi connectivity index (χ1v) is 20.9. The number of rotatable bonds is 27. The molecule has 2 atom stereocenters. The Kier molecular flexibility index (Phi) is 30.1. The number of unbranched alkanes of at least 4 members (excludes halogenated alkanes) is 9. The molecule has 0 bridgehead atoms. The first kappa shape index (κ1) is 46.6. The second-order valence-corrected chi connectivity index (χ2v) is 17.5. The molecule has 5 N–H and O–H groups in total. The number of Topliss-reactive ketones (excluding diaryl/α,β-unsaturated/α-hetero) is 2. The molecule has 2 unspecified atom stereocenters. The molecular formula is C34H69BrN6O4Si. The van der Waals surface area contributed by atoms with Crippen LogP contribution in [0.25, 0.3) is 0 Å². The number of aromatic nitrogens is 3. The highest BCUT2D eigenvalue weighted by molar-refractivity contribution is 6.71. The molecule has 1 aromatic heterocycles. The Morgan fingerprint density at radius 1 is 0.891 bits per heavy atom. The number of nitrogens with one attached hydrogen (secondary N) is 2. The lowest BCUT2D eigenvalue weighted by Gasteiger charge is -2.25. The molecule has 46 heavy (non-hydrogen) atoms. The third-order valence-corrected chi connectivity index (χ3v) is 10.6. The predicted octanol–water partition coefficient (Wildman–Crippen LogP) is 2.63. The maximum Gasteiger partial charge on any atom is 0.237 e. The minimum Gasteiger partial charge on any atom is -1.00 e. The van der Waals surface area contributed by atoms with Crippen molar-refractivity contribution in [2.24, 2.45) is 0 Å². The summed E-state index contributed by atoms with van der Waals surface area (Å²) in [5, 5.41) is 13.5. The van der Waals surface area contributed by atoms with Gasteiger partial charge in [0.15, 0.2) is 14.1 Å². The van der Waals surface area contributed by atoms with Crippen LogP contribution in [0.1, 0.15) is 130 Å². The van der Waals surface area contributed by atoms with Crippen LogP contribution in [-0.2, 0) is 25.4 Å². The van der Waals surface area contributed by atoms with Gasteiger partial charge < -0.3 is 37.8 Å². The number of likely N-dealkylation sites (N-methyl/N-ethyl adjacent to an activating group) is 1. The number of ketones is 2. The van der Waals surface area contributed by atoms with E-state index in [1.54, 1.807) is 13.2 Å². The lowest BCUT2D eigenvalue weighted by atomic mass is 10.0. The van der Waals surface area contributed by atoms with Crippen molar-refractivity contribution in [3.63, 3.8) is 0 Å². The highest BCUT2D eigenvalue weighted by Gasteiger charge is 2.23. The van der Waals surface area contributed by atoms with E-state index in [0.29, 0.717) is 31.8 Å². The van der Waals surface area contributed by atoms with E-state index in [-0.39, 0.29) is 34.5 Å². The van der Waals surface area contributed by atoms with E-state index in [0.717, 1.165) is 32.4 Å². The van der Waals surface area contributed by atoms with Crippen molar-refractivity contribution in [1.82, 2.24) is 25.6 Å². The van der Waals surface area contributed by atoms with Gasteiger partial charge in [-0.2, -0.15) is 0 Å². The number of hydrogen-bond acceptors (Lipinski definition) is 7. The van der Waals surface area contributed by atoms with Crippen LogP contribution >= 0.6 is 0 Å². The predicted molar refractivity (Wildman–Crippen MR) is 186 cm³/mol. The van der Waals surface area contributed by atoms with Crippen molar-refractivity contribution < 1.29 is 41.5 Å². The maximum absolute atomic E-state index is 12.2. The Labute approximate surface area is 292 Å². The molecule has 0 saturated carbocycles. The molecule has 0 aliphatic carbocycles. The van der Waals surface area contributed by atoms with Crippen molar-refractivity contribution in [2.75, 3.05) is 13.6 Å². The Morgan fingerprint density at radius 3 is 2.00 bits per heavy atom. The summed E-state index contributed by atoms with van der Waals surface area (Å²) in [7, 11) is 0.303. The highest BCUT2D eigenvalue weighted by atomic mass is 79.9. The van der Waals surface area contributed by atoms with Crippen LogP contribution in [-0.4, -0.2) is 72.6 Å². The van der Waals surface area contributed by atoms with E-state index in [9.17, 15) is 14.4 Å². The van der Waals surface area contributed by atoms with Crippen molar-refractivity contribution >= 4 is 25.8 Å². The van der Waals surface area contributed by atoms with Gasteiger partial charge in [0, 0.05) is 31.7 Å². The summed E-state index contributed by atoms with van der Waals surface area (Å²) >= 11 is 0. The number of halogens is 1. The monoisotopic (exact) mass is 732 g/mol. The van der Waals surface area contributed by atoms with Gasteiger partial charge in [0.1, 0.15) is 5.78 Å². The van der Waals surface area contributed by atoms with Gasteiger partial charge in [-0.15, -0.1) is 5.10 Å². The SMILES string of the molecule is CC(C)O[Si](C)(C)CCCCCCCCCCCn1ccnn1.CCCC(=O)CCC(NC)C(=O)NC(CCCC[NH3+])C(C)=O.[Br-]. The molecule has 270 valence electrons. The van der Waals surface area contributed by atoms with Gasteiger partial charge in [-0.25, -0.2) is 0 Å². The van der Waals surface area contributed by atoms with E-state index < -0.39 is 20.4 Å². The summed E-state index contributed by atoms with van der Waals surface area (Å²) in [4.78, 5) is 35.4. The van der Waals surface area contributed by atoms with E-state index >= 15 is 0 Å². The molecule has 0 aliphatic heterocycles. The van der Waals surface area contributed by atoms with Gasteiger partial charge in [0.05, 0.1) is 24.8 Å². The molecule has 0 radical (unpaired) electrons. The minimum atomic E-state index is -1.39. The van der Waals surface area contributed by atoms with Crippen LogP contribution in [0.15, 0.2) is 12.4 Å². The zero-order valence-electron chi connectivity index (χ0n) is 30.4. The molecule has 0 aliphatic rings. The minimum absolute atomic E-state index is 0. The van der Waals surface area contributed by atoms with Crippen molar-refractivity contribution in [3.8, 4) is 0 Å². The lowest BCUT2D eigenvalue weighted by Crippen LogP contribution is -3.00. The molecule has 12 heteroatoms. The molecule has 1 aromatic rings. The van der Waals surface area contributed by atoms with Crippen LogP contribution in [0, 0.1) is 0 Å². The molecule has 10 nitrogen and oxygen atoms in total. The third kappa shape index (κ3) is 26.6. The van der Waals surface area contributed by atoms with Gasteiger partial charge in [-0.1, -0.05) is 63.5 Å². The Morgan fingerprint density at radius 2 is 1.50 bits per heavy atom. The average Bonchev–Trinajstić information content (AvgIpc) is 3.49. The van der Waals surface area contributed by atoms with Crippen molar-refractivity contribution in [1.29, 1.82) is 0 Å². The summed E-state index contributed by atoms with van der Waals surface area (Å²) in [6.07, 6.45) is 21.0. The summed E-state index contributed by atoms with van der Waals surface area (Å²) < 4.78 is 8.00. The van der Waals surface area contributed by atoms with E-state index in [2.05, 4.69) is 53.6 Å². The molecular weight excluding hydrogens is 664 g/mol. The van der Waals surface area contributed by atoms with Gasteiger partial charge >= 0.3 is 0 Å². The molecule has 0 spiro atoms. The van der Waals surface area contributed by atoms with Gasteiger partial charge in [0.25, 0.3) is 0 Å². The van der Waals surface area contributed by atoms with Gasteiger partial charge in [-0.3, -0.25) is 19.1 Å². The fourth-order valence-electron chi connectivity index (χ4n) is 5.40. The van der Waals surface area contributed by atoms with Crippen LogP contribution in [0.2, 0.25) is 19.1 Å².